The first-order valence-corrected chi connectivity index (χ1v) is 9.37. The fourth-order valence-electron chi connectivity index (χ4n) is 1.92. The van der Waals surface area contributed by atoms with Gasteiger partial charge in [-0.05, 0) is 42.5 Å². The smallest absolute Gasteiger partial charge is 0.251 e. The van der Waals surface area contributed by atoms with Crippen molar-refractivity contribution >= 4 is 31.9 Å². The zero-order valence-corrected chi connectivity index (χ0v) is 15.4. The minimum atomic E-state index is -3.59. The molecular formula is C16H17BrN2O4S. The van der Waals surface area contributed by atoms with Crippen LogP contribution in [0, 0.1) is 0 Å². The van der Waals surface area contributed by atoms with Crippen LogP contribution in [-0.4, -0.2) is 34.5 Å². The van der Waals surface area contributed by atoms with Gasteiger partial charge in [0.1, 0.15) is 5.75 Å². The summed E-state index contributed by atoms with van der Waals surface area (Å²) in [4.78, 5) is 12.2. The Kier molecular flexibility index (Phi) is 6.36. The Morgan fingerprint density at radius 3 is 2.50 bits per heavy atom. The third kappa shape index (κ3) is 5.05. The van der Waals surface area contributed by atoms with Gasteiger partial charge in [-0.2, -0.15) is 0 Å². The average Bonchev–Trinajstić information content (AvgIpc) is 2.59. The molecule has 6 nitrogen and oxygen atoms in total. The molecule has 0 saturated heterocycles. The first kappa shape index (κ1) is 18.4. The molecule has 2 N–H and O–H groups in total. The minimum Gasteiger partial charge on any atom is -0.497 e. The van der Waals surface area contributed by atoms with Crippen molar-refractivity contribution in [3.8, 4) is 5.75 Å². The lowest BCUT2D eigenvalue weighted by atomic mass is 10.2. The molecule has 0 aromatic heterocycles. The molecule has 0 aliphatic rings. The summed E-state index contributed by atoms with van der Waals surface area (Å²) < 4.78 is 32.5. The zero-order valence-electron chi connectivity index (χ0n) is 13.0. The van der Waals surface area contributed by atoms with Gasteiger partial charge < -0.3 is 10.1 Å². The Morgan fingerprint density at radius 2 is 1.83 bits per heavy atom. The molecule has 0 fully saturated rings. The van der Waals surface area contributed by atoms with E-state index in [1.165, 1.54) is 19.2 Å². The van der Waals surface area contributed by atoms with E-state index in [-0.39, 0.29) is 23.9 Å². The van der Waals surface area contributed by atoms with Crippen LogP contribution in [0.4, 0.5) is 0 Å². The summed E-state index contributed by atoms with van der Waals surface area (Å²) in [6, 6.07) is 13.0. The lowest BCUT2D eigenvalue weighted by Crippen LogP contribution is -2.34. The number of carbonyl (C=O) groups excluding carboxylic acids is 1. The van der Waals surface area contributed by atoms with E-state index in [0.717, 1.165) is 4.47 Å². The van der Waals surface area contributed by atoms with Crippen molar-refractivity contribution in [3.05, 3.63) is 58.6 Å². The van der Waals surface area contributed by atoms with Crippen molar-refractivity contribution in [2.45, 2.75) is 4.90 Å². The Labute approximate surface area is 149 Å². The second kappa shape index (κ2) is 8.27. The maximum absolute atomic E-state index is 12.1. The number of methoxy groups -OCH3 is 1. The van der Waals surface area contributed by atoms with Crippen LogP contribution in [0.1, 0.15) is 10.4 Å². The number of hydrogen-bond acceptors (Lipinski definition) is 4. The third-order valence-corrected chi connectivity index (χ3v) is 5.16. The van der Waals surface area contributed by atoms with Crippen LogP contribution < -0.4 is 14.8 Å². The van der Waals surface area contributed by atoms with E-state index in [9.17, 15) is 13.2 Å². The zero-order chi connectivity index (χ0) is 17.6. The number of carbonyl (C=O) groups is 1. The Morgan fingerprint density at radius 1 is 1.12 bits per heavy atom. The molecule has 0 spiro atoms. The number of amides is 1. The molecule has 0 atom stereocenters. The van der Waals surface area contributed by atoms with Gasteiger partial charge in [0.25, 0.3) is 5.91 Å². The Hall–Kier alpha value is -1.90. The van der Waals surface area contributed by atoms with Crippen molar-refractivity contribution in [3.63, 3.8) is 0 Å². The van der Waals surface area contributed by atoms with Crippen LogP contribution in [0.2, 0.25) is 0 Å². The topological polar surface area (TPSA) is 84.5 Å². The molecule has 0 aliphatic carbocycles. The van der Waals surface area contributed by atoms with Crippen LogP contribution in [0.15, 0.2) is 57.9 Å². The third-order valence-electron chi connectivity index (χ3n) is 3.16. The van der Waals surface area contributed by atoms with E-state index < -0.39 is 10.0 Å². The number of nitrogens with one attached hydrogen (secondary N) is 2. The fourth-order valence-corrected chi connectivity index (χ4v) is 3.22. The first-order chi connectivity index (χ1) is 11.4. The molecular weight excluding hydrogens is 396 g/mol. The van der Waals surface area contributed by atoms with Gasteiger partial charge in [0.2, 0.25) is 10.0 Å². The maximum atomic E-state index is 12.1. The summed E-state index contributed by atoms with van der Waals surface area (Å²) in [5.74, 6) is 0.287. The normalized spacial score (nSPS) is 11.1. The van der Waals surface area contributed by atoms with E-state index in [0.29, 0.717) is 11.3 Å². The number of benzene rings is 2. The number of rotatable bonds is 7. The molecule has 2 aromatic rings. The second-order valence-corrected chi connectivity index (χ2v) is 7.52. The van der Waals surface area contributed by atoms with Crippen molar-refractivity contribution in [2.75, 3.05) is 20.2 Å². The van der Waals surface area contributed by atoms with E-state index in [4.69, 9.17) is 4.74 Å². The van der Waals surface area contributed by atoms with Crippen molar-refractivity contribution in [2.24, 2.45) is 0 Å². The van der Waals surface area contributed by atoms with Gasteiger partial charge in [0.15, 0.2) is 0 Å². The molecule has 0 aliphatic heterocycles. The quantitative estimate of drug-likeness (QED) is 0.682. The van der Waals surface area contributed by atoms with Gasteiger partial charge >= 0.3 is 0 Å². The molecule has 0 saturated carbocycles. The summed E-state index contributed by atoms with van der Waals surface area (Å²) in [6.45, 7) is 0.264. The molecule has 2 rings (SSSR count). The fraction of sp³-hybridized carbons (Fsp3) is 0.188. The van der Waals surface area contributed by atoms with Crippen LogP contribution in [0.25, 0.3) is 0 Å². The number of ether oxygens (including phenoxy) is 1. The standard InChI is InChI=1S/C16H17BrN2O4S/c1-23-14-4-2-3-12(11-14)16(20)18-9-10-19-24(21,22)15-7-5-13(17)6-8-15/h2-8,11,19H,9-10H2,1H3,(H,18,20). The van der Waals surface area contributed by atoms with Crippen molar-refractivity contribution < 1.29 is 17.9 Å². The van der Waals surface area contributed by atoms with Crippen molar-refractivity contribution in [1.82, 2.24) is 10.0 Å². The molecule has 1 amide bonds. The van der Waals surface area contributed by atoms with Crippen LogP contribution in [0.3, 0.4) is 0 Å². The van der Waals surface area contributed by atoms with E-state index in [1.807, 2.05) is 0 Å². The second-order valence-electron chi connectivity index (χ2n) is 4.84. The molecule has 0 bridgehead atoms. The molecule has 8 heteroatoms. The molecule has 0 radical (unpaired) electrons. The average molecular weight is 413 g/mol. The highest BCUT2D eigenvalue weighted by Crippen LogP contribution is 2.14. The predicted octanol–water partition coefficient (Wildman–Crippen LogP) is 2.17. The van der Waals surface area contributed by atoms with Crippen LogP contribution in [0.5, 0.6) is 5.75 Å². The summed E-state index contributed by atoms with van der Waals surface area (Å²) in [5, 5.41) is 2.65. The number of sulfonamides is 1. The van der Waals surface area contributed by atoms with Gasteiger partial charge in [-0.15, -0.1) is 0 Å². The summed E-state index contributed by atoms with van der Waals surface area (Å²) in [5.41, 5.74) is 0.449. The predicted molar refractivity (Wildman–Crippen MR) is 94.7 cm³/mol. The molecule has 128 valence electrons. The van der Waals surface area contributed by atoms with Crippen molar-refractivity contribution in [1.29, 1.82) is 0 Å². The van der Waals surface area contributed by atoms with Gasteiger partial charge in [0, 0.05) is 23.1 Å². The number of halogens is 1. The highest BCUT2D eigenvalue weighted by molar-refractivity contribution is 9.10. The minimum absolute atomic E-state index is 0.0914. The van der Waals surface area contributed by atoms with Gasteiger partial charge in [-0.25, -0.2) is 13.1 Å². The Bertz CT molecular complexity index is 807. The highest BCUT2D eigenvalue weighted by Gasteiger charge is 2.13. The summed E-state index contributed by atoms with van der Waals surface area (Å²) in [6.07, 6.45) is 0. The first-order valence-electron chi connectivity index (χ1n) is 7.10. The summed E-state index contributed by atoms with van der Waals surface area (Å²) >= 11 is 3.25. The van der Waals surface area contributed by atoms with Crippen LogP contribution in [-0.2, 0) is 10.0 Å². The lowest BCUT2D eigenvalue weighted by Gasteiger charge is -2.09. The maximum Gasteiger partial charge on any atom is 0.251 e. The molecule has 0 unspecified atom stereocenters. The molecule has 0 heterocycles. The summed E-state index contributed by atoms with van der Waals surface area (Å²) in [7, 11) is -2.07. The highest BCUT2D eigenvalue weighted by atomic mass is 79.9. The molecule has 24 heavy (non-hydrogen) atoms. The van der Waals surface area contributed by atoms with Gasteiger partial charge in [0.05, 0.1) is 12.0 Å². The lowest BCUT2D eigenvalue weighted by molar-refractivity contribution is 0.0954. The van der Waals surface area contributed by atoms with Crippen LogP contribution >= 0.6 is 15.9 Å². The Balaban J connectivity index is 1.85. The van der Waals surface area contributed by atoms with E-state index in [2.05, 4.69) is 26.0 Å². The SMILES string of the molecule is COc1cccc(C(=O)NCCNS(=O)(=O)c2ccc(Br)cc2)c1. The molecule has 2 aromatic carbocycles. The largest absolute Gasteiger partial charge is 0.497 e. The monoisotopic (exact) mass is 412 g/mol. The van der Waals surface area contributed by atoms with Gasteiger partial charge in [-0.3, -0.25) is 4.79 Å². The number of hydrogen-bond donors (Lipinski definition) is 2. The van der Waals surface area contributed by atoms with E-state index >= 15 is 0 Å². The van der Waals surface area contributed by atoms with Gasteiger partial charge in [-0.1, -0.05) is 22.0 Å². The van der Waals surface area contributed by atoms with E-state index in [1.54, 1.807) is 36.4 Å².